The summed E-state index contributed by atoms with van der Waals surface area (Å²) in [6.45, 7) is -0.712. The van der Waals surface area contributed by atoms with Gasteiger partial charge in [0.2, 0.25) is 5.91 Å². The normalized spacial score (nSPS) is 11.1. The highest BCUT2D eigenvalue weighted by atomic mass is 32.1. The summed E-state index contributed by atoms with van der Waals surface area (Å²) in [6, 6.07) is 12.4. The maximum absolute atomic E-state index is 12.7. The van der Waals surface area contributed by atoms with Crippen molar-refractivity contribution in [2.45, 2.75) is 20.1 Å². The van der Waals surface area contributed by atoms with Crippen molar-refractivity contribution in [2.75, 3.05) is 7.11 Å². The van der Waals surface area contributed by atoms with E-state index >= 15 is 0 Å². The molecule has 2 aromatic carbocycles. The van der Waals surface area contributed by atoms with Crippen LogP contribution in [0.25, 0.3) is 17.3 Å². The molecule has 0 fully saturated rings. The van der Waals surface area contributed by atoms with Gasteiger partial charge >= 0.3 is 6.61 Å². The molecule has 0 aliphatic carbocycles. The predicted molar refractivity (Wildman–Crippen MR) is 113 cm³/mol. The zero-order valence-corrected chi connectivity index (χ0v) is 17.2. The summed E-state index contributed by atoms with van der Waals surface area (Å²) in [6.07, 6.45) is 2.67. The van der Waals surface area contributed by atoms with Crippen LogP contribution in [0, 0.1) is 6.92 Å². The number of nitrogens with zero attached hydrogens (tertiary/aromatic N) is 1. The molecule has 3 rings (SSSR count). The topological polar surface area (TPSA) is 60.5 Å². The van der Waals surface area contributed by atoms with Gasteiger partial charge in [0.15, 0.2) is 11.5 Å². The predicted octanol–water partition coefficient (Wildman–Crippen LogP) is 5.06. The van der Waals surface area contributed by atoms with Gasteiger partial charge in [-0.05, 0) is 24.6 Å². The van der Waals surface area contributed by atoms with Crippen molar-refractivity contribution in [1.82, 2.24) is 10.3 Å². The van der Waals surface area contributed by atoms with Gasteiger partial charge in [-0.3, -0.25) is 4.79 Å². The smallest absolute Gasteiger partial charge is 0.387 e. The molecule has 0 atom stereocenters. The Balaban J connectivity index is 1.61. The Bertz CT molecular complexity index is 1030. The summed E-state index contributed by atoms with van der Waals surface area (Å²) in [5.74, 6) is -0.319. The molecule has 0 aliphatic rings. The maximum atomic E-state index is 12.7. The highest BCUT2D eigenvalue weighted by Crippen LogP contribution is 2.33. The summed E-state index contributed by atoms with van der Waals surface area (Å²) in [5.41, 5.74) is 3.18. The van der Waals surface area contributed by atoms with Crippen molar-refractivity contribution in [1.29, 1.82) is 0 Å². The van der Waals surface area contributed by atoms with Crippen molar-refractivity contribution in [2.24, 2.45) is 0 Å². The molecule has 5 nitrogen and oxygen atoms in total. The lowest BCUT2D eigenvalue weighted by atomic mass is 10.1. The number of aromatic nitrogens is 1. The van der Waals surface area contributed by atoms with Gasteiger partial charge in [0.05, 0.1) is 17.8 Å². The lowest BCUT2D eigenvalue weighted by Gasteiger charge is -2.12. The van der Waals surface area contributed by atoms with Crippen LogP contribution in [0.1, 0.15) is 16.1 Å². The van der Waals surface area contributed by atoms with Crippen LogP contribution < -0.4 is 14.8 Å². The summed E-state index contributed by atoms with van der Waals surface area (Å²) < 4.78 is 34.9. The Hall–Kier alpha value is -3.26. The van der Waals surface area contributed by atoms with Gasteiger partial charge in [0.25, 0.3) is 0 Å². The number of alkyl halides is 2. The van der Waals surface area contributed by atoms with Crippen LogP contribution in [-0.4, -0.2) is 24.6 Å². The quantitative estimate of drug-likeness (QED) is 0.508. The molecular formula is C22H20F2N2O3S. The highest BCUT2D eigenvalue weighted by Gasteiger charge is 2.14. The molecular weight excluding hydrogens is 410 g/mol. The second-order valence-electron chi connectivity index (χ2n) is 6.26. The number of thiazole rings is 1. The fourth-order valence-electron chi connectivity index (χ4n) is 2.74. The number of halogens is 2. The zero-order valence-electron chi connectivity index (χ0n) is 16.4. The molecule has 0 unspecified atom stereocenters. The number of rotatable bonds is 8. The fraction of sp³-hybridized carbons (Fsp3) is 0.182. The van der Waals surface area contributed by atoms with Gasteiger partial charge < -0.3 is 14.8 Å². The van der Waals surface area contributed by atoms with Crippen LogP contribution in [-0.2, 0) is 11.3 Å². The molecule has 0 saturated carbocycles. The van der Waals surface area contributed by atoms with E-state index in [9.17, 15) is 13.6 Å². The minimum Gasteiger partial charge on any atom is -0.493 e. The van der Waals surface area contributed by atoms with Crippen molar-refractivity contribution >= 4 is 23.3 Å². The van der Waals surface area contributed by atoms with E-state index in [0.717, 1.165) is 21.8 Å². The molecule has 8 heteroatoms. The summed E-state index contributed by atoms with van der Waals surface area (Å²) in [4.78, 5) is 16.6. The van der Waals surface area contributed by atoms with E-state index in [1.807, 2.05) is 36.6 Å². The van der Waals surface area contributed by atoms with Crippen LogP contribution in [0.3, 0.4) is 0 Å². The average molecular weight is 430 g/mol. The molecule has 1 amide bonds. The van der Waals surface area contributed by atoms with Gasteiger partial charge in [0, 0.05) is 29.1 Å². The van der Waals surface area contributed by atoms with Crippen molar-refractivity contribution in [3.63, 3.8) is 0 Å². The molecule has 0 bridgehead atoms. The molecule has 0 spiro atoms. The molecule has 0 saturated heterocycles. The van der Waals surface area contributed by atoms with Gasteiger partial charge in [-0.15, -0.1) is 11.3 Å². The van der Waals surface area contributed by atoms with E-state index in [2.05, 4.69) is 15.0 Å². The largest absolute Gasteiger partial charge is 0.493 e. The first-order valence-corrected chi connectivity index (χ1v) is 9.93. The van der Waals surface area contributed by atoms with E-state index in [4.69, 9.17) is 4.74 Å². The number of ether oxygens (including phenoxy) is 2. The van der Waals surface area contributed by atoms with Gasteiger partial charge in [0.1, 0.15) is 0 Å². The van der Waals surface area contributed by atoms with E-state index in [1.165, 1.54) is 25.3 Å². The first kappa shape index (κ1) is 21.4. The van der Waals surface area contributed by atoms with E-state index in [1.54, 1.807) is 23.5 Å². The molecule has 0 aliphatic heterocycles. The Morgan fingerprint density at radius 2 is 2.00 bits per heavy atom. The van der Waals surface area contributed by atoms with Crippen LogP contribution in [0.15, 0.2) is 53.9 Å². The Labute approximate surface area is 177 Å². The Morgan fingerprint density at radius 3 is 2.63 bits per heavy atom. The molecule has 1 aromatic heterocycles. The first-order chi connectivity index (χ1) is 14.5. The Kier molecular flexibility index (Phi) is 7.13. The summed E-state index contributed by atoms with van der Waals surface area (Å²) >= 11 is 1.59. The lowest BCUT2D eigenvalue weighted by Crippen LogP contribution is -2.20. The number of carbonyl (C=O) groups is 1. The molecule has 3 aromatic rings. The fourth-order valence-corrected chi connectivity index (χ4v) is 3.36. The zero-order chi connectivity index (χ0) is 21.5. The summed E-state index contributed by atoms with van der Waals surface area (Å²) in [7, 11) is 1.36. The second-order valence-corrected chi connectivity index (χ2v) is 7.32. The monoisotopic (exact) mass is 430 g/mol. The molecule has 1 N–H and O–H groups in total. The molecule has 0 radical (unpaired) electrons. The number of methoxy groups -OCH3 is 1. The standard InChI is InChI=1S/C22H20F2N2O3S/c1-14-26-18(13-30-14)16-8-6-15(7-9-16)12-25-20(27)11-10-17-4-3-5-19(28-2)21(17)29-22(23)24/h3-11,13,22H,12H2,1-2H3,(H,25,27)/b11-10+. The van der Waals surface area contributed by atoms with Crippen LogP contribution in [0.2, 0.25) is 0 Å². The summed E-state index contributed by atoms with van der Waals surface area (Å²) in [5, 5.41) is 5.77. The van der Waals surface area contributed by atoms with Gasteiger partial charge in [-0.25, -0.2) is 4.98 Å². The molecule has 156 valence electrons. The highest BCUT2D eigenvalue weighted by molar-refractivity contribution is 7.09. The SMILES string of the molecule is COc1cccc(/C=C/C(=O)NCc2ccc(-c3csc(C)n3)cc2)c1OC(F)F. The minimum absolute atomic E-state index is 0.119. The third kappa shape index (κ3) is 5.64. The molecule has 30 heavy (non-hydrogen) atoms. The minimum atomic E-state index is -3.00. The molecule has 1 heterocycles. The number of hydrogen-bond donors (Lipinski definition) is 1. The van der Waals surface area contributed by atoms with Crippen molar-refractivity contribution in [3.8, 4) is 22.8 Å². The number of aryl methyl sites for hydroxylation is 1. The number of hydrogen-bond acceptors (Lipinski definition) is 5. The Morgan fingerprint density at radius 1 is 1.23 bits per heavy atom. The van der Waals surface area contributed by atoms with E-state index in [-0.39, 0.29) is 17.4 Å². The third-order valence-corrected chi connectivity index (χ3v) is 4.96. The lowest BCUT2D eigenvalue weighted by molar-refractivity contribution is -0.116. The number of carbonyl (C=O) groups excluding carboxylic acids is 1. The number of para-hydroxylation sites is 1. The van der Waals surface area contributed by atoms with E-state index in [0.29, 0.717) is 12.1 Å². The van der Waals surface area contributed by atoms with Crippen molar-refractivity contribution in [3.05, 3.63) is 70.1 Å². The first-order valence-electron chi connectivity index (χ1n) is 9.05. The maximum Gasteiger partial charge on any atom is 0.387 e. The number of amides is 1. The van der Waals surface area contributed by atoms with Crippen molar-refractivity contribution < 1.29 is 23.0 Å². The second kappa shape index (κ2) is 9.98. The van der Waals surface area contributed by atoms with Crippen LogP contribution in [0.4, 0.5) is 8.78 Å². The van der Waals surface area contributed by atoms with Gasteiger partial charge in [-0.2, -0.15) is 8.78 Å². The van der Waals surface area contributed by atoms with E-state index < -0.39 is 6.61 Å². The average Bonchev–Trinajstić information content (AvgIpc) is 3.17. The third-order valence-electron chi connectivity index (χ3n) is 4.19. The van der Waals surface area contributed by atoms with Crippen LogP contribution in [0.5, 0.6) is 11.5 Å². The van der Waals surface area contributed by atoms with Gasteiger partial charge in [-0.1, -0.05) is 36.4 Å². The number of benzene rings is 2. The number of nitrogens with one attached hydrogen (secondary N) is 1. The van der Waals surface area contributed by atoms with Crippen LogP contribution >= 0.6 is 11.3 Å².